The molecule has 0 saturated carbocycles. The fourth-order valence-electron chi connectivity index (χ4n) is 1.36. The van der Waals surface area contributed by atoms with Gasteiger partial charge in [-0.1, -0.05) is 22.2 Å². The predicted octanol–water partition coefficient (Wildman–Crippen LogP) is 2.57. The van der Waals surface area contributed by atoms with Crippen molar-refractivity contribution in [2.45, 2.75) is 12.5 Å². The summed E-state index contributed by atoms with van der Waals surface area (Å²) in [4.78, 5) is 0. The van der Waals surface area contributed by atoms with Gasteiger partial charge in [0.05, 0.1) is 16.8 Å². The number of hydrogen-bond acceptors (Lipinski definition) is 4. The molecule has 1 atom stereocenters. The van der Waals surface area contributed by atoms with Gasteiger partial charge in [0.2, 0.25) is 0 Å². The van der Waals surface area contributed by atoms with E-state index in [2.05, 4.69) is 9.59 Å². The van der Waals surface area contributed by atoms with Crippen molar-refractivity contribution >= 4 is 23.1 Å². The average Bonchev–Trinajstić information content (AvgIpc) is 2.77. The Balaban J connectivity index is 2.12. The van der Waals surface area contributed by atoms with Gasteiger partial charge in [0, 0.05) is 5.38 Å². The maximum Gasteiger partial charge on any atom is 0.141 e. The van der Waals surface area contributed by atoms with E-state index < -0.39 is 5.82 Å². The van der Waals surface area contributed by atoms with Crippen LogP contribution in [0.4, 0.5) is 4.39 Å². The van der Waals surface area contributed by atoms with Crippen molar-refractivity contribution in [2.75, 3.05) is 0 Å². The van der Waals surface area contributed by atoms with Crippen LogP contribution in [0.3, 0.4) is 0 Å². The number of benzene rings is 1. The molecule has 0 aliphatic heterocycles. The van der Waals surface area contributed by atoms with E-state index in [0.717, 1.165) is 11.3 Å². The molecule has 0 radical (unpaired) electrons. The Morgan fingerprint density at radius 3 is 2.94 bits per heavy atom. The molecule has 2 aromatic rings. The third-order valence-electron chi connectivity index (χ3n) is 2.20. The van der Waals surface area contributed by atoms with Crippen LogP contribution < -0.4 is 5.73 Å². The second-order valence-electron chi connectivity index (χ2n) is 3.39. The Hall–Kier alpha value is -1.04. The number of aromatic nitrogens is 2. The van der Waals surface area contributed by atoms with Crippen LogP contribution in [0.15, 0.2) is 23.6 Å². The van der Waals surface area contributed by atoms with Gasteiger partial charge >= 0.3 is 0 Å². The zero-order valence-corrected chi connectivity index (χ0v) is 9.80. The van der Waals surface area contributed by atoms with Crippen LogP contribution in [0.5, 0.6) is 0 Å². The summed E-state index contributed by atoms with van der Waals surface area (Å²) in [7, 11) is 0. The van der Waals surface area contributed by atoms with Gasteiger partial charge in [-0.15, -0.1) is 5.10 Å². The summed E-state index contributed by atoms with van der Waals surface area (Å²) in [6.07, 6.45) is 0.561. The van der Waals surface area contributed by atoms with E-state index in [9.17, 15) is 4.39 Å². The Morgan fingerprint density at radius 1 is 1.50 bits per heavy atom. The normalized spacial score (nSPS) is 12.7. The molecule has 1 heterocycles. The maximum atomic E-state index is 12.9. The minimum Gasteiger partial charge on any atom is -0.322 e. The summed E-state index contributed by atoms with van der Waals surface area (Å²) in [5.74, 6) is -0.422. The quantitative estimate of drug-likeness (QED) is 0.920. The van der Waals surface area contributed by atoms with E-state index in [4.69, 9.17) is 17.3 Å². The lowest BCUT2D eigenvalue weighted by Gasteiger charge is -2.08. The highest BCUT2D eigenvalue weighted by atomic mass is 35.5. The van der Waals surface area contributed by atoms with E-state index in [1.165, 1.54) is 17.6 Å². The lowest BCUT2D eigenvalue weighted by atomic mass is 10.0. The number of halogens is 2. The molecular weight excluding hydrogens is 249 g/mol. The van der Waals surface area contributed by atoms with E-state index in [-0.39, 0.29) is 11.1 Å². The van der Waals surface area contributed by atoms with Crippen molar-refractivity contribution in [2.24, 2.45) is 5.73 Å². The molecule has 3 nitrogen and oxygen atoms in total. The number of rotatable bonds is 3. The first-order valence-electron chi connectivity index (χ1n) is 4.63. The standard InChI is InChI=1S/C10H9ClFN3S/c11-7-3-6(1-2-8(7)12)4-9(13)10-5-16-15-14-10/h1-3,5,9H,4,13H2. The van der Waals surface area contributed by atoms with Crippen molar-refractivity contribution in [3.05, 3.63) is 45.7 Å². The SMILES string of the molecule is NC(Cc1ccc(F)c(Cl)c1)c1csnn1. The van der Waals surface area contributed by atoms with Crippen molar-refractivity contribution in [3.8, 4) is 0 Å². The fraction of sp³-hybridized carbons (Fsp3) is 0.200. The first-order valence-corrected chi connectivity index (χ1v) is 5.84. The summed E-state index contributed by atoms with van der Waals surface area (Å²) >= 11 is 6.94. The zero-order chi connectivity index (χ0) is 11.5. The first-order chi connectivity index (χ1) is 7.66. The molecule has 84 valence electrons. The van der Waals surface area contributed by atoms with E-state index in [1.54, 1.807) is 17.5 Å². The summed E-state index contributed by atoms with van der Waals surface area (Å²) in [5.41, 5.74) is 7.55. The predicted molar refractivity (Wildman–Crippen MR) is 62.0 cm³/mol. The minimum atomic E-state index is -0.422. The Morgan fingerprint density at radius 2 is 2.31 bits per heavy atom. The molecule has 16 heavy (non-hydrogen) atoms. The molecule has 0 aliphatic carbocycles. The third kappa shape index (κ3) is 2.55. The van der Waals surface area contributed by atoms with Gasteiger partial charge in [-0.2, -0.15) is 0 Å². The second-order valence-corrected chi connectivity index (χ2v) is 4.41. The van der Waals surface area contributed by atoms with Gasteiger partial charge in [-0.05, 0) is 35.6 Å². The van der Waals surface area contributed by atoms with Crippen LogP contribution in [-0.2, 0) is 6.42 Å². The van der Waals surface area contributed by atoms with E-state index in [1.807, 2.05) is 0 Å². The largest absolute Gasteiger partial charge is 0.322 e. The zero-order valence-electron chi connectivity index (χ0n) is 8.23. The number of hydrogen-bond donors (Lipinski definition) is 1. The van der Waals surface area contributed by atoms with E-state index in [0.29, 0.717) is 6.42 Å². The van der Waals surface area contributed by atoms with E-state index >= 15 is 0 Å². The van der Waals surface area contributed by atoms with Gasteiger partial charge in [0.25, 0.3) is 0 Å². The molecule has 1 unspecified atom stereocenters. The highest BCUT2D eigenvalue weighted by Gasteiger charge is 2.11. The van der Waals surface area contributed by atoms with Gasteiger partial charge in [0.1, 0.15) is 5.82 Å². The molecule has 0 saturated heterocycles. The monoisotopic (exact) mass is 257 g/mol. The van der Waals surface area contributed by atoms with Crippen molar-refractivity contribution in [1.29, 1.82) is 0 Å². The van der Waals surface area contributed by atoms with Crippen LogP contribution >= 0.6 is 23.1 Å². The first kappa shape index (κ1) is 11.4. The molecule has 0 spiro atoms. The molecule has 1 aromatic carbocycles. The second kappa shape index (κ2) is 4.86. The van der Waals surface area contributed by atoms with Crippen LogP contribution in [-0.4, -0.2) is 9.59 Å². The van der Waals surface area contributed by atoms with Crippen LogP contribution in [0.2, 0.25) is 5.02 Å². The average molecular weight is 258 g/mol. The Labute approximate surface area is 101 Å². The van der Waals surface area contributed by atoms with Gasteiger partial charge in [0.15, 0.2) is 0 Å². The summed E-state index contributed by atoms with van der Waals surface area (Å²) < 4.78 is 16.7. The molecule has 1 aromatic heterocycles. The van der Waals surface area contributed by atoms with Crippen LogP contribution in [0.25, 0.3) is 0 Å². The Kier molecular flexibility index (Phi) is 3.48. The third-order valence-corrected chi connectivity index (χ3v) is 3.01. The molecule has 0 amide bonds. The van der Waals surface area contributed by atoms with Crippen LogP contribution in [0.1, 0.15) is 17.3 Å². The van der Waals surface area contributed by atoms with Crippen molar-refractivity contribution < 1.29 is 4.39 Å². The highest BCUT2D eigenvalue weighted by molar-refractivity contribution is 7.03. The van der Waals surface area contributed by atoms with Gasteiger partial charge in [-0.3, -0.25) is 0 Å². The lowest BCUT2D eigenvalue weighted by Crippen LogP contribution is -2.13. The van der Waals surface area contributed by atoms with Gasteiger partial charge in [-0.25, -0.2) is 4.39 Å². The molecule has 0 fully saturated rings. The van der Waals surface area contributed by atoms with Crippen molar-refractivity contribution in [3.63, 3.8) is 0 Å². The minimum absolute atomic E-state index is 0.112. The van der Waals surface area contributed by atoms with Gasteiger partial charge < -0.3 is 5.73 Å². The lowest BCUT2D eigenvalue weighted by molar-refractivity contribution is 0.625. The molecule has 2 rings (SSSR count). The summed E-state index contributed by atoms with van der Waals surface area (Å²) in [5, 5.41) is 5.80. The molecule has 2 N–H and O–H groups in total. The fourth-order valence-corrected chi connectivity index (χ4v) is 2.08. The Bertz CT molecular complexity index is 475. The maximum absolute atomic E-state index is 12.9. The van der Waals surface area contributed by atoms with Crippen LogP contribution in [0, 0.1) is 5.82 Å². The summed E-state index contributed by atoms with van der Waals surface area (Å²) in [6, 6.07) is 4.35. The molecular formula is C10H9ClFN3S. The topological polar surface area (TPSA) is 51.8 Å². The highest BCUT2D eigenvalue weighted by Crippen LogP contribution is 2.20. The smallest absolute Gasteiger partial charge is 0.141 e. The summed E-state index contributed by atoms with van der Waals surface area (Å²) in [6.45, 7) is 0. The number of nitrogens with two attached hydrogens (primary N) is 1. The molecule has 0 bridgehead atoms. The molecule has 6 heteroatoms. The number of nitrogens with zero attached hydrogens (tertiary/aromatic N) is 2. The molecule has 0 aliphatic rings. The van der Waals surface area contributed by atoms with Crippen molar-refractivity contribution in [1.82, 2.24) is 9.59 Å².